The molecule has 0 amide bonds. The fourth-order valence-corrected chi connectivity index (χ4v) is 2.59. The molecule has 0 aliphatic heterocycles. The lowest BCUT2D eigenvalue weighted by Gasteiger charge is -2.22. The number of nitriles is 1. The van der Waals surface area contributed by atoms with Crippen LogP contribution in [-0.4, -0.2) is 14.9 Å². The number of rotatable bonds is 2. The summed E-state index contributed by atoms with van der Waals surface area (Å²) in [6, 6.07) is 13.3. The maximum atomic E-state index is 9.13. The fraction of sp³-hybridized carbons (Fsp3) is 0.222. The van der Waals surface area contributed by atoms with Crippen LogP contribution in [-0.2, 0) is 0 Å². The number of anilines is 1. The molecule has 0 radical (unpaired) electrons. The molecule has 0 saturated carbocycles. The Morgan fingerprint density at radius 2 is 2.00 bits per heavy atom. The maximum Gasteiger partial charge on any atom is 0.139 e. The zero-order chi connectivity index (χ0) is 16.6. The van der Waals surface area contributed by atoms with Gasteiger partial charge in [-0.25, -0.2) is 4.98 Å². The minimum absolute atomic E-state index is 0.139. The molecule has 0 spiro atoms. The molecule has 0 aliphatic carbocycles. The van der Waals surface area contributed by atoms with Gasteiger partial charge in [-0.3, -0.25) is 4.40 Å². The SMILES string of the molecule is CC(C)(C)Nc1c(-c2cccc(C#N)c2)nc2ccc(Cl)cn12. The molecule has 0 fully saturated rings. The minimum atomic E-state index is -0.139. The molecule has 3 rings (SSSR count). The molecular weight excluding hydrogens is 308 g/mol. The molecule has 2 aromatic heterocycles. The first-order chi connectivity index (χ1) is 10.9. The Bertz CT molecular complexity index is 913. The number of pyridine rings is 1. The van der Waals surface area contributed by atoms with E-state index in [0.717, 1.165) is 22.7 Å². The van der Waals surface area contributed by atoms with Gasteiger partial charge in [0.25, 0.3) is 0 Å². The summed E-state index contributed by atoms with van der Waals surface area (Å²) in [5, 5.41) is 13.3. The van der Waals surface area contributed by atoms with Gasteiger partial charge in [0.15, 0.2) is 0 Å². The van der Waals surface area contributed by atoms with Crippen LogP contribution in [0.3, 0.4) is 0 Å². The highest BCUT2D eigenvalue weighted by molar-refractivity contribution is 6.30. The van der Waals surface area contributed by atoms with E-state index in [0.29, 0.717) is 10.6 Å². The lowest BCUT2D eigenvalue weighted by atomic mass is 10.1. The van der Waals surface area contributed by atoms with E-state index in [1.54, 1.807) is 6.07 Å². The van der Waals surface area contributed by atoms with E-state index in [-0.39, 0.29) is 5.54 Å². The average Bonchev–Trinajstić information content (AvgIpc) is 2.84. The molecule has 1 aromatic carbocycles. The second-order valence-corrected chi connectivity index (χ2v) is 6.89. The molecule has 4 nitrogen and oxygen atoms in total. The summed E-state index contributed by atoms with van der Waals surface area (Å²) in [5.41, 5.74) is 2.98. The highest BCUT2D eigenvalue weighted by Crippen LogP contribution is 2.32. The first-order valence-electron chi connectivity index (χ1n) is 7.34. The Kier molecular flexibility index (Phi) is 3.75. The van der Waals surface area contributed by atoms with Crippen LogP contribution in [0.2, 0.25) is 5.02 Å². The molecule has 0 saturated heterocycles. The number of nitrogens with zero attached hydrogens (tertiary/aromatic N) is 3. The Labute approximate surface area is 140 Å². The molecule has 23 heavy (non-hydrogen) atoms. The third-order valence-electron chi connectivity index (χ3n) is 3.34. The Hall–Kier alpha value is -2.51. The molecule has 5 heteroatoms. The number of imidazole rings is 1. The summed E-state index contributed by atoms with van der Waals surface area (Å²) in [6.07, 6.45) is 1.84. The van der Waals surface area contributed by atoms with Crippen molar-refractivity contribution in [3.05, 3.63) is 53.2 Å². The normalized spacial score (nSPS) is 11.4. The quantitative estimate of drug-likeness (QED) is 0.741. The molecule has 3 aromatic rings. The van der Waals surface area contributed by atoms with E-state index < -0.39 is 0 Å². The van der Waals surface area contributed by atoms with Crippen LogP contribution in [0, 0.1) is 11.3 Å². The van der Waals surface area contributed by atoms with Crippen molar-refractivity contribution in [2.24, 2.45) is 0 Å². The molecule has 0 bridgehead atoms. The van der Waals surface area contributed by atoms with Gasteiger partial charge in [0.2, 0.25) is 0 Å². The summed E-state index contributed by atoms with van der Waals surface area (Å²) in [5.74, 6) is 0.866. The standard InChI is InChI=1S/C18H17ClN4/c1-18(2,3)22-17-16(13-6-4-5-12(9-13)10-20)21-15-8-7-14(19)11-23(15)17/h4-9,11,22H,1-3H3. The molecule has 0 aliphatic rings. The van der Waals surface area contributed by atoms with Gasteiger partial charge in [-0.05, 0) is 45.0 Å². The van der Waals surface area contributed by atoms with Gasteiger partial charge in [0.05, 0.1) is 16.7 Å². The predicted molar refractivity (Wildman–Crippen MR) is 93.7 cm³/mol. The van der Waals surface area contributed by atoms with E-state index in [4.69, 9.17) is 21.8 Å². The first-order valence-corrected chi connectivity index (χ1v) is 7.71. The van der Waals surface area contributed by atoms with Crippen molar-refractivity contribution in [3.63, 3.8) is 0 Å². The number of hydrogen-bond donors (Lipinski definition) is 1. The zero-order valence-corrected chi connectivity index (χ0v) is 14.0. The Morgan fingerprint density at radius 3 is 2.70 bits per heavy atom. The number of benzene rings is 1. The third-order valence-corrected chi connectivity index (χ3v) is 3.56. The van der Waals surface area contributed by atoms with Crippen molar-refractivity contribution < 1.29 is 0 Å². The number of nitrogens with one attached hydrogen (secondary N) is 1. The lowest BCUT2D eigenvalue weighted by Crippen LogP contribution is -2.27. The van der Waals surface area contributed by atoms with Crippen LogP contribution >= 0.6 is 11.6 Å². The Balaban J connectivity index is 2.26. The largest absolute Gasteiger partial charge is 0.365 e. The van der Waals surface area contributed by atoms with Crippen LogP contribution < -0.4 is 5.32 Å². The van der Waals surface area contributed by atoms with Gasteiger partial charge in [-0.15, -0.1) is 0 Å². The van der Waals surface area contributed by atoms with Gasteiger partial charge < -0.3 is 5.32 Å². The van der Waals surface area contributed by atoms with Crippen molar-refractivity contribution >= 4 is 23.1 Å². The number of hydrogen-bond acceptors (Lipinski definition) is 3. The van der Waals surface area contributed by atoms with E-state index in [1.165, 1.54) is 0 Å². The molecule has 2 heterocycles. The van der Waals surface area contributed by atoms with Crippen molar-refractivity contribution in [3.8, 4) is 17.3 Å². The fourth-order valence-electron chi connectivity index (χ4n) is 2.43. The van der Waals surface area contributed by atoms with Gasteiger partial charge >= 0.3 is 0 Å². The van der Waals surface area contributed by atoms with Crippen molar-refractivity contribution in [2.75, 3.05) is 5.32 Å². The highest BCUT2D eigenvalue weighted by atomic mass is 35.5. The topological polar surface area (TPSA) is 53.1 Å². The second-order valence-electron chi connectivity index (χ2n) is 6.45. The Morgan fingerprint density at radius 1 is 1.22 bits per heavy atom. The monoisotopic (exact) mass is 324 g/mol. The van der Waals surface area contributed by atoms with Crippen molar-refractivity contribution in [2.45, 2.75) is 26.3 Å². The van der Waals surface area contributed by atoms with E-state index in [2.05, 4.69) is 32.2 Å². The van der Waals surface area contributed by atoms with Crippen LogP contribution in [0.15, 0.2) is 42.6 Å². The van der Waals surface area contributed by atoms with Crippen molar-refractivity contribution in [1.29, 1.82) is 5.26 Å². The summed E-state index contributed by atoms with van der Waals surface area (Å²) in [6.45, 7) is 6.27. The van der Waals surface area contributed by atoms with E-state index in [1.807, 2.05) is 40.9 Å². The molecule has 116 valence electrons. The summed E-state index contributed by atoms with van der Waals surface area (Å²) < 4.78 is 1.95. The van der Waals surface area contributed by atoms with Crippen molar-refractivity contribution in [1.82, 2.24) is 9.38 Å². The van der Waals surface area contributed by atoms with Crippen LogP contribution in [0.1, 0.15) is 26.3 Å². The van der Waals surface area contributed by atoms with Crippen LogP contribution in [0.5, 0.6) is 0 Å². The summed E-state index contributed by atoms with van der Waals surface area (Å²) >= 11 is 6.15. The van der Waals surface area contributed by atoms with Gasteiger partial charge in [0, 0.05) is 17.3 Å². The molecular formula is C18H17ClN4. The molecule has 1 N–H and O–H groups in total. The number of aromatic nitrogens is 2. The van der Waals surface area contributed by atoms with Gasteiger partial charge in [-0.1, -0.05) is 23.7 Å². The first kappa shape index (κ1) is 15.4. The lowest BCUT2D eigenvalue weighted by molar-refractivity contribution is 0.629. The zero-order valence-electron chi connectivity index (χ0n) is 13.3. The highest BCUT2D eigenvalue weighted by Gasteiger charge is 2.19. The van der Waals surface area contributed by atoms with E-state index in [9.17, 15) is 0 Å². The smallest absolute Gasteiger partial charge is 0.139 e. The van der Waals surface area contributed by atoms with Crippen LogP contribution in [0.25, 0.3) is 16.9 Å². The maximum absolute atomic E-state index is 9.13. The van der Waals surface area contributed by atoms with E-state index >= 15 is 0 Å². The summed E-state index contributed by atoms with van der Waals surface area (Å²) in [4.78, 5) is 4.72. The number of halogens is 1. The molecule has 0 unspecified atom stereocenters. The van der Waals surface area contributed by atoms with Gasteiger partial charge in [0.1, 0.15) is 17.2 Å². The average molecular weight is 325 g/mol. The van der Waals surface area contributed by atoms with Gasteiger partial charge in [-0.2, -0.15) is 5.26 Å². The third kappa shape index (κ3) is 3.15. The minimum Gasteiger partial charge on any atom is -0.365 e. The summed E-state index contributed by atoms with van der Waals surface area (Å²) in [7, 11) is 0. The second kappa shape index (κ2) is 5.60. The molecule has 0 atom stereocenters. The van der Waals surface area contributed by atoms with Crippen LogP contribution in [0.4, 0.5) is 5.82 Å². The predicted octanol–water partition coefficient (Wildman–Crippen LogP) is 4.74. The number of fused-ring (bicyclic) bond motifs is 1.